The van der Waals surface area contributed by atoms with Crippen LogP contribution in [0.5, 0.6) is 0 Å². The van der Waals surface area contributed by atoms with E-state index in [1.807, 2.05) is 49.4 Å². The van der Waals surface area contributed by atoms with Crippen LogP contribution < -0.4 is 5.43 Å². The molecule has 4 heteroatoms. The molecular formula is C27H25NO3. The van der Waals surface area contributed by atoms with E-state index in [2.05, 4.69) is 12.1 Å². The highest BCUT2D eigenvalue weighted by Gasteiger charge is 2.21. The van der Waals surface area contributed by atoms with Gasteiger partial charge in [-0.05, 0) is 48.6 Å². The third-order valence-corrected chi connectivity index (χ3v) is 5.56. The number of rotatable bonds is 7. The van der Waals surface area contributed by atoms with E-state index in [0.717, 1.165) is 24.0 Å². The average molecular weight is 412 g/mol. The number of carbonyl (C=O) groups excluding carboxylic acids is 1. The number of nitrogens with zero attached hydrogens (tertiary/aromatic N) is 1. The molecule has 1 amide bonds. The van der Waals surface area contributed by atoms with Crippen LogP contribution in [0.25, 0.3) is 11.0 Å². The van der Waals surface area contributed by atoms with E-state index in [-0.39, 0.29) is 16.9 Å². The molecule has 4 aromatic rings. The molecule has 4 rings (SSSR count). The summed E-state index contributed by atoms with van der Waals surface area (Å²) in [4.78, 5) is 28.2. The molecule has 0 unspecified atom stereocenters. The van der Waals surface area contributed by atoms with E-state index < -0.39 is 0 Å². The van der Waals surface area contributed by atoms with Crippen molar-refractivity contribution in [3.05, 3.63) is 118 Å². The van der Waals surface area contributed by atoms with Crippen LogP contribution in [-0.2, 0) is 13.0 Å². The van der Waals surface area contributed by atoms with Crippen LogP contribution in [0.3, 0.4) is 0 Å². The summed E-state index contributed by atoms with van der Waals surface area (Å²) < 4.78 is 5.60. The van der Waals surface area contributed by atoms with Crippen LogP contribution in [0.2, 0.25) is 0 Å². The summed E-state index contributed by atoms with van der Waals surface area (Å²) in [5, 5.41) is 0.425. The first-order valence-electron chi connectivity index (χ1n) is 10.5. The van der Waals surface area contributed by atoms with Gasteiger partial charge in [-0.1, -0.05) is 66.7 Å². The Hall–Kier alpha value is -3.66. The zero-order valence-corrected chi connectivity index (χ0v) is 17.6. The van der Waals surface area contributed by atoms with Gasteiger partial charge in [0.15, 0.2) is 0 Å². The molecular weight excluding hydrogens is 386 g/mol. The molecule has 0 atom stereocenters. The molecule has 156 valence electrons. The quantitative estimate of drug-likeness (QED) is 0.410. The van der Waals surface area contributed by atoms with Gasteiger partial charge in [0.2, 0.25) is 5.43 Å². The number of benzene rings is 3. The normalized spacial score (nSPS) is 10.9. The van der Waals surface area contributed by atoms with Crippen molar-refractivity contribution in [3.63, 3.8) is 0 Å². The van der Waals surface area contributed by atoms with Crippen molar-refractivity contribution in [3.8, 4) is 0 Å². The first-order valence-corrected chi connectivity index (χ1v) is 10.5. The fourth-order valence-corrected chi connectivity index (χ4v) is 3.76. The van der Waals surface area contributed by atoms with Crippen LogP contribution in [0.1, 0.15) is 33.5 Å². The first-order chi connectivity index (χ1) is 15.1. The predicted molar refractivity (Wildman–Crippen MR) is 123 cm³/mol. The van der Waals surface area contributed by atoms with Crippen molar-refractivity contribution >= 4 is 16.9 Å². The van der Waals surface area contributed by atoms with Crippen LogP contribution in [0, 0.1) is 6.92 Å². The van der Waals surface area contributed by atoms with Crippen molar-refractivity contribution in [2.45, 2.75) is 26.3 Å². The Kier molecular flexibility index (Phi) is 6.27. The molecule has 0 aliphatic heterocycles. The fourth-order valence-electron chi connectivity index (χ4n) is 3.76. The zero-order valence-electron chi connectivity index (χ0n) is 17.6. The van der Waals surface area contributed by atoms with E-state index in [1.54, 1.807) is 29.2 Å². The van der Waals surface area contributed by atoms with Gasteiger partial charge in [-0.2, -0.15) is 0 Å². The second-order valence-corrected chi connectivity index (χ2v) is 7.72. The number of carbonyl (C=O) groups is 1. The highest BCUT2D eigenvalue weighted by atomic mass is 16.3. The van der Waals surface area contributed by atoms with Crippen molar-refractivity contribution in [2.24, 2.45) is 0 Å². The smallest absolute Gasteiger partial charge is 0.261 e. The number of hydrogen-bond donors (Lipinski definition) is 0. The molecule has 0 fully saturated rings. The molecule has 0 spiro atoms. The number of para-hydroxylation sites is 1. The van der Waals surface area contributed by atoms with E-state index >= 15 is 0 Å². The molecule has 3 aromatic carbocycles. The maximum absolute atomic E-state index is 13.4. The molecule has 31 heavy (non-hydrogen) atoms. The zero-order chi connectivity index (χ0) is 21.6. The first kappa shape index (κ1) is 20.6. The van der Waals surface area contributed by atoms with Gasteiger partial charge in [0.05, 0.1) is 5.39 Å². The Balaban J connectivity index is 1.61. The van der Waals surface area contributed by atoms with Crippen molar-refractivity contribution in [2.75, 3.05) is 6.54 Å². The summed E-state index contributed by atoms with van der Waals surface area (Å²) in [7, 11) is 0. The monoisotopic (exact) mass is 411 g/mol. The lowest BCUT2D eigenvalue weighted by Crippen LogP contribution is -2.35. The minimum atomic E-state index is -0.296. The maximum atomic E-state index is 13.4. The van der Waals surface area contributed by atoms with E-state index in [9.17, 15) is 9.59 Å². The Morgan fingerprint density at radius 2 is 1.61 bits per heavy atom. The number of aryl methyl sites for hydroxylation is 2. The minimum absolute atomic E-state index is 0.0759. The van der Waals surface area contributed by atoms with Crippen LogP contribution in [0.15, 0.2) is 94.3 Å². The second kappa shape index (κ2) is 9.43. The van der Waals surface area contributed by atoms with Gasteiger partial charge in [-0.25, -0.2) is 0 Å². The fraction of sp³-hybridized carbons (Fsp3) is 0.185. The number of hydrogen-bond acceptors (Lipinski definition) is 3. The van der Waals surface area contributed by atoms with Gasteiger partial charge in [0.25, 0.3) is 5.91 Å². The Bertz CT molecular complexity index is 1240. The summed E-state index contributed by atoms with van der Waals surface area (Å²) >= 11 is 0. The molecule has 0 radical (unpaired) electrons. The number of amides is 1. The topological polar surface area (TPSA) is 50.5 Å². The lowest BCUT2D eigenvalue weighted by molar-refractivity contribution is 0.0737. The van der Waals surface area contributed by atoms with Crippen LogP contribution in [0.4, 0.5) is 0 Å². The predicted octanol–water partition coefficient (Wildman–Crippen LogP) is 5.38. The summed E-state index contributed by atoms with van der Waals surface area (Å²) in [6.45, 7) is 3.03. The Labute approximate surface area is 181 Å². The van der Waals surface area contributed by atoms with Gasteiger partial charge in [-0.3, -0.25) is 9.59 Å². The van der Waals surface area contributed by atoms with Crippen molar-refractivity contribution in [1.82, 2.24) is 4.90 Å². The summed E-state index contributed by atoms with van der Waals surface area (Å²) in [6, 6.07) is 25.2. The van der Waals surface area contributed by atoms with Crippen molar-refractivity contribution < 1.29 is 9.21 Å². The van der Waals surface area contributed by atoms with Gasteiger partial charge < -0.3 is 9.32 Å². The SMILES string of the molecule is Cc1ccccc1CN(CCCc1ccccc1)C(=O)c1coc2ccccc2c1=O. The van der Waals surface area contributed by atoms with E-state index in [1.165, 1.54) is 11.8 Å². The molecule has 4 nitrogen and oxygen atoms in total. The Morgan fingerprint density at radius 1 is 0.903 bits per heavy atom. The van der Waals surface area contributed by atoms with Gasteiger partial charge in [0.1, 0.15) is 17.4 Å². The van der Waals surface area contributed by atoms with Crippen molar-refractivity contribution in [1.29, 1.82) is 0 Å². The van der Waals surface area contributed by atoms with Gasteiger partial charge >= 0.3 is 0 Å². The molecule has 0 saturated carbocycles. The minimum Gasteiger partial charge on any atom is -0.463 e. The standard InChI is InChI=1S/C27H25NO3/c1-20-10-5-6-14-22(20)18-28(17-9-13-21-11-3-2-4-12-21)27(30)24-19-31-25-16-8-7-15-23(25)26(24)29/h2-8,10-12,14-16,19H,9,13,17-18H2,1H3. The molecule has 0 aliphatic carbocycles. The summed E-state index contributed by atoms with van der Waals surface area (Å²) in [5.74, 6) is -0.296. The lowest BCUT2D eigenvalue weighted by Gasteiger charge is -2.23. The maximum Gasteiger partial charge on any atom is 0.261 e. The molecule has 0 saturated heterocycles. The molecule has 0 N–H and O–H groups in total. The number of fused-ring (bicyclic) bond motifs is 1. The highest BCUT2D eigenvalue weighted by molar-refractivity contribution is 5.96. The lowest BCUT2D eigenvalue weighted by atomic mass is 10.1. The summed E-state index contributed by atoms with van der Waals surface area (Å²) in [6.07, 6.45) is 2.97. The average Bonchev–Trinajstić information content (AvgIpc) is 2.80. The van der Waals surface area contributed by atoms with Gasteiger partial charge in [-0.15, -0.1) is 0 Å². The van der Waals surface area contributed by atoms with Crippen LogP contribution in [-0.4, -0.2) is 17.4 Å². The third kappa shape index (κ3) is 4.75. The molecule has 0 aliphatic rings. The third-order valence-electron chi connectivity index (χ3n) is 5.56. The Morgan fingerprint density at radius 3 is 2.42 bits per heavy atom. The molecule has 1 heterocycles. The van der Waals surface area contributed by atoms with E-state index in [0.29, 0.717) is 24.1 Å². The second-order valence-electron chi connectivity index (χ2n) is 7.72. The largest absolute Gasteiger partial charge is 0.463 e. The molecule has 0 bridgehead atoms. The highest BCUT2D eigenvalue weighted by Crippen LogP contribution is 2.16. The molecule has 1 aromatic heterocycles. The van der Waals surface area contributed by atoms with Crippen LogP contribution >= 0.6 is 0 Å². The van der Waals surface area contributed by atoms with E-state index in [4.69, 9.17) is 4.42 Å². The summed E-state index contributed by atoms with van der Waals surface area (Å²) in [5.41, 5.74) is 3.70. The van der Waals surface area contributed by atoms with Gasteiger partial charge in [0, 0.05) is 13.1 Å².